The molecule has 0 radical (unpaired) electrons. The molecule has 1 unspecified atom stereocenters. The van der Waals surface area contributed by atoms with E-state index < -0.39 is 0 Å². The van der Waals surface area contributed by atoms with Gasteiger partial charge < -0.3 is 0 Å². The standard InChI is InChI=1S/C18H16/c1-2-12-11-15-7-3-5-13-9-10-14-6-4-8-16(12)18(14)17(13)15/h3-7,9-11,17H,2,8H2,1H3. The van der Waals surface area contributed by atoms with E-state index in [4.69, 9.17) is 0 Å². The van der Waals surface area contributed by atoms with Gasteiger partial charge in [-0.3, -0.25) is 0 Å². The van der Waals surface area contributed by atoms with Crippen LogP contribution < -0.4 is 0 Å². The highest BCUT2D eigenvalue weighted by atomic mass is 14.4. The maximum absolute atomic E-state index is 2.42. The third kappa shape index (κ3) is 1.21. The van der Waals surface area contributed by atoms with E-state index in [-0.39, 0.29) is 0 Å². The van der Waals surface area contributed by atoms with Crippen LogP contribution in [0.25, 0.3) is 0 Å². The van der Waals surface area contributed by atoms with Gasteiger partial charge in [-0.05, 0) is 46.3 Å². The summed E-state index contributed by atoms with van der Waals surface area (Å²) in [7, 11) is 0. The summed E-state index contributed by atoms with van der Waals surface area (Å²) in [5.41, 5.74) is 9.02. The molecule has 0 heteroatoms. The highest BCUT2D eigenvalue weighted by Gasteiger charge is 2.33. The molecule has 0 aromatic heterocycles. The topological polar surface area (TPSA) is 0 Å². The summed E-state index contributed by atoms with van der Waals surface area (Å²) in [6, 6.07) is 0. The molecule has 0 heterocycles. The summed E-state index contributed by atoms with van der Waals surface area (Å²) in [6.45, 7) is 2.26. The Hall–Kier alpha value is -1.82. The van der Waals surface area contributed by atoms with Crippen molar-refractivity contribution in [3.63, 3.8) is 0 Å². The molecule has 0 aromatic rings. The molecule has 0 aliphatic heterocycles. The van der Waals surface area contributed by atoms with Crippen LogP contribution in [0.1, 0.15) is 19.8 Å². The van der Waals surface area contributed by atoms with Crippen LogP contribution in [0.3, 0.4) is 0 Å². The minimum absolute atomic E-state index is 0.505. The zero-order valence-corrected chi connectivity index (χ0v) is 10.6. The Bertz CT molecular complexity index is 640. The Kier molecular flexibility index (Phi) is 2.02. The van der Waals surface area contributed by atoms with Gasteiger partial charge in [0.2, 0.25) is 0 Å². The third-order valence-corrected chi connectivity index (χ3v) is 4.35. The van der Waals surface area contributed by atoms with E-state index in [1.807, 2.05) is 0 Å². The highest BCUT2D eigenvalue weighted by molar-refractivity contribution is 5.69. The molecule has 0 aromatic carbocycles. The van der Waals surface area contributed by atoms with Gasteiger partial charge in [0, 0.05) is 5.92 Å². The van der Waals surface area contributed by atoms with Crippen LogP contribution >= 0.6 is 0 Å². The Morgan fingerprint density at radius 1 is 1.11 bits per heavy atom. The van der Waals surface area contributed by atoms with E-state index in [2.05, 4.69) is 55.5 Å². The Morgan fingerprint density at radius 2 is 2.06 bits per heavy atom. The summed E-state index contributed by atoms with van der Waals surface area (Å²) in [5.74, 6) is 0.505. The largest absolute Gasteiger partial charge is 0.0795 e. The number of rotatable bonds is 1. The minimum atomic E-state index is 0.505. The summed E-state index contributed by atoms with van der Waals surface area (Å²) in [6.07, 6.45) is 20.5. The summed E-state index contributed by atoms with van der Waals surface area (Å²) in [5, 5.41) is 0. The molecule has 88 valence electrons. The molecule has 0 amide bonds. The quantitative estimate of drug-likeness (QED) is 0.621. The first kappa shape index (κ1) is 10.1. The monoisotopic (exact) mass is 232 g/mol. The van der Waals surface area contributed by atoms with Crippen LogP contribution in [-0.2, 0) is 0 Å². The van der Waals surface area contributed by atoms with E-state index in [9.17, 15) is 0 Å². The van der Waals surface area contributed by atoms with Crippen molar-refractivity contribution in [3.05, 3.63) is 82.0 Å². The maximum atomic E-state index is 2.42. The average molecular weight is 232 g/mol. The second-order valence-electron chi connectivity index (χ2n) is 5.27. The van der Waals surface area contributed by atoms with Crippen LogP contribution in [-0.4, -0.2) is 0 Å². The van der Waals surface area contributed by atoms with Gasteiger partial charge in [0.15, 0.2) is 0 Å². The lowest BCUT2D eigenvalue weighted by molar-refractivity contribution is 0.814. The SMILES string of the molecule is CCC1=CC2=CC=CC3=CC=C4C=CCC1=C4C32. The average Bonchev–Trinajstić information content (AvgIpc) is 2.44. The van der Waals surface area contributed by atoms with Gasteiger partial charge in [-0.25, -0.2) is 0 Å². The molecule has 1 atom stereocenters. The smallest absolute Gasteiger partial charge is 0.0348 e. The molecule has 0 nitrogen and oxygen atoms in total. The zero-order chi connectivity index (χ0) is 12.1. The molecule has 0 N–H and O–H groups in total. The van der Waals surface area contributed by atoms with E-state index in [0.29, 0.717) is 5.92 Å². The van der Waals surface area contributed by atoms with Crippen LogP contribution in [0.5, 0.6) is 0 Å². The van der Waals surface area contributed by atoms with Gasteiger partial charge >= 0.3 is 0 Å². The Morgan fingerprint density at radius 3 is 2.94 bits per heavy atom. The first-order chi connectivity index (χ1) is 8.88. The van der Waals surface area contributed by atoms with Gasteiger partial charge in [0.1, 0.15) is 0 Å². The fraction of sp³-hybridized carbons (Fsp3) is 0.222. The van der Waals surface area contributed by atoms with Gasteiger partial charge in [-0.2, -0.15) is 0 Å². The summed E-state index contributed by atoms with van der Waals surface area (Å²) >= 11 is 0. The van der Waals surface area contributed by atoms with Crippen molar-refractivity contribution in [2.75, 3.05) is 0 Å². The molecule has 4 aliphatic carbocycles. The second-order valence-corrected chi connectivity index (χ2v) is 5.27. The fourth-order valence-corrected chi connectivity index (χ4v) is 3.53. The van der Waals surface area contributed by atoms with Gasteiger partial charge in [0.25, 0.3) is 0 Å². The Labute approximate surface area is 108 Å². The lowest BCUT2D eigenvalue weighted by Gasteiger charge is -2.37. The van der Waals surface area contributed by atoms with Gasteiger partial charge in [0.05, 0.1) is 0 Å². The van der Waals surface area contributed by atoms with Crippen molar-refractivity contribution in [2.24, 2.45) is 5.92 Å². The summed E-state index contributed by atoms with van der Waals surface area (Å²) in [4.78, 5) is 0. The van der Waals surface area contributed by atoms with E-state index >= 15 is 0 Å². The predicted molar refractivity (Wildman–Crippen MR) is 76.0 cm³/mol. The molecule has 0 bridgehead atoms. The van der Waals surface area contributed by atoms with E-state index in [1.54, 1.807) is 11.1 Å². The summed E-state index contributed by atoms with van der Waals surface area (Å²) < 4.78 is 0. The van der Waals surface area contributed by atoms with E-state index in [1.165, 1.54) is 22.3 Å². The van der Waals surface area contributed by atoms with Gasteiger partial charge in [-0.1, -0.05) is 55.5 Å². The lowest BCUT2D eigenvalue weighted by atomic mass is 9.67. The van der Waals surface area contributed by atoms with Crippen LogP contribution in [0.15, 0.2) is 82.0 Å². The first-order valence-corrected chi connectivity index (χ1v) is 6.79. The molecule has 18 heavy (non-hydrogen) atoms. The van der Waals surface area contributed by atoms with E-state index in [0.717, 1.165) is 12.8 Å². The molecular formula is C18H16. The third-order valence-electron chi connectivity index (χ3n) is 4.35. The minimum Gasteiger partial charge on any atom is -0.0795 e. The molecule has 0 saturated carbocycles. The molecule has 0 saturated heterocycles. The van der Waals surface area contributed by atoms with Crippen molar-refractivity contribution < 1.29 is 0 Å². The van der Waals surface area contributed by atoms with Crippen molar-refractivity contribution >= 4 is 0 Å². The predicted octanol–water partition coefficient (Wildman–Crippen LogP) is 4.57. The molecule has 0 fully saturated rings. The lowest BCUT2D eigenvalue weighted by Crippen LogP contribution is -2.22. The van der Waals surface area contributed by atoms with Crippen molar-refractivity contribution in [2.45, 2.75) is 19.8 Å². The zero-order valence-electron chi connectivity index (χ0n) is 10.6. The van der Waals surface area contributed by atoms with Crippen LogP contribution in [0.2, 0.25) is 0 Å². The second kappa shape index (κ2) is 3.58. The van der Waals surface area contributed by atoms with Crippen LogP contribution in [0, 0.1) is 5.92 Å². The molecular weight excluding hydrogens is 216 g/mol. The van der Waals surface area contributed by atoms with Crippen molar-refractivity contribution in [3.8, 4) is 0 Å². The number of hydrogen-bond acceptors (Lipinski definition) is 0. The first-order valence-electron chi connectivity index (χ1n) is 6.79. The molecule has 4 aliphatic rings. The maximum Gasteiger partial charge on any atom is 0.0348 e. The van der Waals surface area contributed by atoms with Crippen molar-refractivity contribution in [1.29, 1.82) is 0 Å². The van der Waals surface area contributed by atoms with Gasteiger partial charge in [-0.15, -0.1) is 0 Å². The van der Waals surface area contributed by atoms with Crippen LogP contribution in [0.4, 0.5) is 0 Å². The van der Waals surface area contributed by atoms with Crippen molar-refractivity contribution in [1.82, 2.24) is 0 Å². The normalized spacial score (nSPS) is 27.3. The Balaban J connectivity index is 2.02. The number of allylic oxidation sites excluding steroid dienone is 14. The fourth-order valence-electron chi connectivity index (χ4n) is 3.53. The molecule has 4 rings (SSSR count). The highest BCUT2D eigenvalue weighted by Crippen LogP contribution is 2.48. The molecule has 0 spiro atoms. The number of hydrogen-bond donors (Lipinski definition) is 0.